The van der Waals surface area contributed by atoms with E-state index >= 15 is 0 Å². The molecule has 30 heavy (non-hydrogen) atoms. The van der Waals surface area contributed by atoms with Gasteiger partial charge in [-0.25, -0.2) is 9.78 Å². The second-order valence-corrected chi connectivity index (χ2v) is 7.53. The molecule has 0 unspecified atom stereocenters. The Hall–Kier alpha value is -3.71. The average molecular weight is 420 g/mol. The van der Waals surface area contributed by atoms with Crippen molar-refractivity contribution in [3.05, 3.63) is 76.6 Å². The van der Waals surface area contributed by atoms with E-state index in [1.807, 2.05) is 12.1 Å². The minimum atomic E-state index is -1.40. The summed E-state index contributed by atoms with van der Waals surface area (Å²) >= 11 is 5.99. The van der Waals surface area contributed by atoms with E-state index in [1.165, 1.54) is 0 Å². The monoisotopic (exact) mass is 419 g/mol. The molecule has 7 nitrogen and oxygen atoms in total. The number of aromatic nitrogens is 2. The van der Waals surface area contributed by atoms with Crippen molar-refractivity contribution in [2.45, 2.75) is 12.5 Å². The first-order valence-corrected chi connectivity index (χ1v) is 9.58. The summed E-state index contributed by atoms with van der Waals surface area (Å²) in [5.41, 5.74) is 1.71. The van der Waals surface area contributed by atoms with Crippen LogP contribution in [0.25, 0.3) is 21.8 Å². The number of nitrogens with one attached hydrogen (secondary N) is 1. The molecular formula is C22H14ClN3O4. The molecule has 3 aromatic carbocycles. The van der Waals surface area contributed by atoms with Crippen LogP contribution in [0, 0.1) is 0 Å². The summed E-state index contributed by atoms with van der Waals surface area (Å²) in [4.78, 5) is 46.4. The third kappa shape index (κ3) is 2.74. The number of H-pyrrole nitrogens is 1. The molecule has 0 saturated heterocycles. The Morgan fingerprint density at radius 2 is 1.90 bits per heavy atom. The molecule has 1 atom stereocenters. The summed E-state index contributed by atoms with van der Waals surface area (Å²) in [6, 6.07) is 14.2. The van der Waals surface area contributed by atoms with E-state index in [0.29, 0.717) is 27.3 Å². The number of hydrogen-bond donors (Lipinski definition) is 2. The Kier molecular flexibility index (Phi) is 4.08. The number of benzene rings is 3. The van der Waals surface area contributed by atoms with Crippen molar-refractivity contribution >= 4 is 51.2 Å². The Bertz CT molecular complexity index is 1380. The molecule has 2 N–H and O–H groups in total. The number of rotatable bonds is 4. The molecule has 0 spiro atoms. The maximum atomic E-state index is 13.2. The van der Waals surface area contributed by atoms with E-state index in [0.717, 1.165) is 10.3 Å². The van der Waals surface area contributed by atoms with Crippen molar-refractivity contribution in [3.8, 4) is 0 Å². The molecule has 148 valence electrons. The lowest BCUT2D eigenvalue weighted by atomic mass is 10.0. The molecule has 2 amide bonds. The molecule has 1 aliphatic heterocycles. The van der Waals surface area contributed by atoms with Crippen LogP contribution in [0.5, 0.6) is 0 Å². The van der Waals surface area contributed by atoms with Crippen LogP contribution >= 0.6 is 11.6 Å². The van der Waals surface area contributed by atoms with Crippen LogP contribution in [-0.2, 0) is 11.2 Å². The normalized spacial score (nSPS) is 14.5. The van der Waals surface area contributed by atoms with Gasteiger partial charge in [0.05, 0.1) is 22.2 Å². The Morgan fingerprint density at radius 1 is 1.10 bits per heavy atom. The fourth-order valence-corrected chi connectivity index (χ4v) is 4.08. The van der Waals surface area contributed by atoms with Crippen LogP contribution in [0.15, 0.2) is 54.6 Å². The fraction of sp³-hybridized carbons (Fsp3) is 0.0909. The number of carboxylic acid groups (broad SMARTS) is 1. The molecule has 0 bridgehead atoms. The zero-order chi connectivity index (χ0) is 21.0. The van der Waals surface area contributed by atoms with Gasteiger partial charge in [0, 0.05) is 11.4 Å². The van der Waals surface area contributed by atoms with Crippen molar-refractivity contribution < 1.29 is 19.5 Å². The maximum absolute atomic E-state index is 13.2. The number of hydrogen-bond acceptors (Lipinski definition) is 4. The van der Waals surface area contributed by atoms with Gasteiger partial charge in [-0.15, -0.1) is 0 Å². The topological polar surface area (TPSA) is 103 Å². The molecule has 2 heterocycles. The van der Waals surface area contributed by atoms with Crippen molar-refractivity contribution in [3.63, 3.8) is 0 Å². The second kappa shape index (κ2) is 6.67. The van der Waals surface area contributed by atoms with Gasteiger partial charge in [0.25, 0.3) is 11.8 Å². The molecule has 0 fully saturated rings. The fourth-order valence-electron chi connectivity index (χ4n) is 3.91. The number of carbonyl (C=O) groups excluding carboxylic acids is 2. The number of imide groups is 1. The van der Waals surface area contributed by atoms with Gasteiger partial charge in [-0.3, -0.25) is 14.5 Å². The highest BCUT2D eigenvalue weighted by Crippen LogP contribution is 2.32. The number of carboxylic acids is 1. The molecule has 0 aliphatic carbocycles. The highest BCUT2D eigenvalue weighted by atomic mass is 35.5. The van der Waals surface area contributed by atoms with Gasteiger partial charge in [-0.2, -0.15) is 0 Å². The van der Waals surface area contributed by atoms with Gasteiger partial charge >= 0.3 is 5.97 Å². The summed E-state index contributed by atoms with van der Waals surface area (Å²) in [6.07, 6.45) is -0.148. The number of halogens is 1. The highest BCUT2D eigenvalue weighted by molar-refractivity contribution is 6.31. The van der Waals surface area contributed by atoms with Gasteiger partial charge in [0.15, 0.2) is 0 Å². The summed E-state index contributed by atoms with van der Waals surface area (Å²) < 4.78 is 0. The van der Waals surface area contributed by atoms with Crippen LogP contribution in [0.2, 0.25) is 5.02 Å². The number of aliphatic carboxylic acids is 1. The number of carbonyl (C=O) groups is 3. The number of amides is 2. The van der Waals surface area contributed by atoms with E-state index in [2.05, 4.69) is 9.97 Å². The first-order chi connectivity index (χ1) is 14.4. The molecule has 0 radical (unpaired) electrons. The van der Waals surface area contributed by atoms with Gasteiger partial charge in [0.1, 0.15) is 11.9 Å². The first-order valence-electron chi connectivity index (χ1n) is 9.20. The maximum Gasteiger partial charge on any atom is 0.327 e. The Labute approximate surface area is 174 Å². The summed E-state index contributed by atoms with van der Waals surface area (Å²) in [6.45, 7) is 0. The van der Waals surface area contributed by atoms with E-state index in [1.54, 1.807) is 42.5 Å². The van der Waals surface area contributed by atoms with Gasteiger partial charge < -0.3 is 10.1 Å². The van der Waals surface area contributed by atoms with Crippen molar-refractivity contribution in [1.82, 2.24) is 14.9 Å². The molecule has 8 heteroatoms. The van der Waals surface area contributed by atoms with Crippen LogP contribution in [0.3, 0.4) is 0 Å². The number of aromatic amines is 1. The third-order valence-corrected chi connectivity index (χ3v) is 5.52. The van der Waals surface area contributed by atoms with E-state index in [-0.39, 0.29) is 17.5 Å². The van der Waals surface area contributed by atoms with Crippen LogP contribution in [-0.4, -0.2) is 43.8 Å². The second-order valence-electron chi connectivity index (χ2n) is 7.09. The summed E-state index contributed by atoms with van der Waals surface area (Å²) in [5.74, 6) is -2.17. The smallest absolute Gasteiger partial charge is 0.327 e. The highest BCUT2D eigenvalue weighted by Gasteiger charge is 2.44. The van der Waals surface area contributed by atoms with Crippen molar-refractivity contribution in [1.29, 1.82) is 0 Å². The Morgan fingerprint density at radius 3 is 2.70 bits per heavy atom. The number of fused-ring (bicyclic) bond motifs is 4. The lowest BCUT2D eigenvalue weighted by molar-refractivity contribution is -0.141. The molecule has 1 aliphatic rings. The lowest BCUT2D eigenvalue weighted by Crippen LogP contribution is -2.46. The van der Waals surface area contributed by atoms with Crippen LogP contribution in [0.1, 0.15) is 26.5 Å². The summed E-state index contributed by atoms with van der Waals surface area (Å²) in [7, 11) is 0. The quantitative estimate of drug-likeness (QED) is 0.491. The number of nitrogens with zero attached hydrogens (tertiary/aromatic N) is 2. The Balaban J connectivity index is 1.55. The standard InChI is InChI=1S/C22H14ClN3O4/c23-12-6-8-15-16(9-12)25-18(24-15)10-17(22(29)30)26-20(27)14-7-5-11-3-1-2-4-13(11)19(14)21(26)28/h1-9,17H,10H2,(H,24,25)(H,29,30)/t17-/m1/s1. The molecule has 4 aromatic rings. The van der Waals surface area contributed by atoms with Crippen LogP contribution in [0.4, 0.5) is 0 Å². The molecule has 5 rings (SSSR count). The van der Waals surface area contributed by atoms with Gasteiger partial charge in [0.2, 0.25) is 0 Å². The number of imidazole rings is 1. The largest absolute Gasteiger partial charge is 0.480 e. The van der Waals surface area contributed by atoms with Crippen molar-refractivity contribution in [2.75, 3.05) is 0 Å². The van der Waals surface area contributed by atoms with Crippen molar-refractivity contribution in [2.24, 2.45) is 0 Å². The van der Waals surface area contributed by atoms with Gasteiger partial charge in [-0.1, -0.05) is 41.9 Å². The predicted octanol–water partition coefficient (Wildman–Crippen LogP) is 3.66. The first kappa shape index (κ1) is 18.3. The third-order valence-electron chi connectivity index (χ3n) is 5.29. The van der Waals surface area contributed by atoms with Crippen LogP contribution < -0.4 is 0 Å². The minimum absolute atomic E-state index is 0.148. The predicted molar refractivity (Wildman–Crippen MR) is 111 cm³/mol. The van der Waals surface area contributed by atoms with E-state index in [9.17, 15) is 19.5 Å². The van der Waals surface area contributed by atoms with Gasteiger partial charge in [-0.05, 0) is 35.0 Å². The average Bonchev–Trinajstić information content (AvgIpc) is 3.24. The molecular weight excluding hydrogens is 406 g/mol. The molecule has 1 aromatic heterocycles. The minimum Gasteiger partial charge on any atom is -0.480 e. The summed E-state index contributed by atoms with van der Waals surface area (Å²) in [5, 5.41) is 11.8. The SMILES string of the molecule is O=C(O)[C@@H](Cc1nc2ccc(Cl)cc2[nH]1)N1C(=O)c2ccc3ccccc3c2C1=O. The zero-order valence-electron chi connectivity index (χ0n) is 15.4. The van der Waals surface area contributed by atoms with E-state index in [4.69, 9.17) is 11.6 Å². The molecule has 0 saturated carbocycles. The van der Waals surface area contributed by atoms with E-state index < -0.39 is 23.8 Å². The lowest BCUT2D eigenvalue weighted by Gasteiger charge is -2.21. The zero-order valence-corrected chi connectivity index (χ0v) is 16.2.